The maximum absolute atomic E-state index is 11.8. The summed E-state index contributed by atoms with van der Waals surface area (Å²) in [4.78, 5) is -0.344. The molecule has 25 heavy (non-hydrogen) atoms. The Hall–Kier alpha value is -0.414. The van der Waals surface area contributed by atoms with Crippen molar-refractivity contribution in [3.8, 4) is 17.2 Å². The van der Waals surface area contributed by atoms with Crippen LogP contribution < -0.4 is 61.2 Å². The molecule has 0 amide bonds. The fraction of sp³-hybridized carbons (Fsp3) is 0.333. The Morgan fingerprint density at radius 3 is 2.40 bits per heavy atom. The molecule has 0 aliphatic heterocycles. The van der Waals surface area contributed by atoms with E-state index in [-0.39, 0.29) is 73.5 Å². The molecular formula is C18H21KO5S. The number of unbranched alkanes of at least 4 members (excludes halogenated alkanes) is 3. The van der Waals surface area contributed by atoms with Crippen LogP contribution in [0.2, 0.25) is 0 Å². The van der Waals surface area contributed by atoms with Gasteiger partial charge in [0.15, 0.2) is 0 Å². The van der Waals surface area contributed by atoms with Gasteiger partial charge in [-0.15, -0.1) is 0 Å². The Balaban J connectivity index is 0.00000312. The number of para-hydroxylation sites is 2. The fourth-order valence-electron chi connectivity index (χ4n) is 2.41. The van der Waals surface area contributed by atoms with Crippen molar-refractivity contribution in [3.05, 3.63) is 48.0 Å². The number of benzene rings is 2. The molecule has 0 saturated heterocycles. The number of ether oxygens (including phenoxy) is 1. The summed E-state index contributed by atoms with van der Waals surface area (Å²) in [6.45, 7) is 2.13. The van der Waals surface area contributed by atoms with Crippen LogP contribution in [-0.4, -0.2) is 13.0 Å². The molecule has 0 saturated carbocycles. The second-order valence-electron chi connectivity index (χ2n) is 5.62. The Bertz CT molecular complexity index is 790. The molecule has 0 unspecified atom stereocenters. The van der Waals surface area contributed by atoms with Gasteiger partial charge in [-0.05, 0) is 36.6 Å². The molecule has 2 aromatic rings. The molecular weight excluding hydrogens is 367 g/mol. The van der Waals surface area contributed by atoms with Gasteiger partial charge in [0.05, 0.1) is 0 Å². The number of aryl methyl sites for hydroxylation is 1. The fourth-order valence-corrected chi connectivity index (χ4v) is 3.00. The third kappa shape index (κ3) is 7.01. The quantitative estimate of drug-likeness (QED) is 0.413. The zero-order chi connectivity index (χ0) is 17.6. The summed E-state index contributed by atoms with van der Waals surface area (Å²) < 4.78 is 37.9. The molecule has 0 aliphatic carbocycles. The average molecular weight is 389 g/mol. The molecule has 0 atom stereocenters. The summed E-state index contributed by atoms with van der Waals surface area (Å²) in [5, 5.41) is 11.8. The molecule has 0 spiro atoms. The zero-order valence-corrected chi connectivity index (χ0v) is 18.5. The second-order valence-corrected chi connectivity index (χ2v) is 7.01. The van der Waals surface area contributed by atoms with Gasteiger partial charge in [-0.2, -0.15) is 8.42 Å². The van der Waals surface area contributed by atoms with Crippen molar-refractivity contribution < 1.29 is 74.2 Å². The van der Waals surface area contributed by atoms with Crippen molar-refractivity contribution in [3.63, 3.8) is 0 Å². The summed E-state index contributed by atoms with van der Waals surface area (Å²) in [6.07, 6.45) is 5.14. The third-order valence-corrected chi connectivity index (χ3v) is 4.57. The minimum atomic E-state index is -4.44. The summed E-state index contributed by atoms with van der Waals surface area (Å²) >= 11 is 0. The van der Waals surface area contributed by atoms with Gasteiger partial charge < -0.3 is 9.84 Å². The van der Waals surface area contributed by atoms with Crippen molar-refractivity contribution in [2.75, 3.05) is 0 Å². The van der Waals surface area contributed by atoms with Crippen molar-refractivity contribution in [2.24, 2.45) is 0 Å². The second kappa shape index (κ2) is 10.7. The predicted octanol–water partition coefficient (Wildman–Crippen LogP) is 0.926. The van der Waals surface area contributed by atoms with E-state index in [1.54, 1.807) is 24.3 Å². The Kier molecular flexibility index (Phi) is 9.65. The van der Waals surface area contributed by atoms with Crippen LogP contribution in [0.3, 0.4) is 0 Å². The molecule has 1 N–H and O–H groups in total. The van der Waals surface area contributed by atoms with Crippen molar-refractivity contribution >= 4 is 10.1 Å². The maximum atomic E-state index is 11.8. The molecule has 7 heteroatoms. The van der Waals surface area contributed by atoms with Crippen LogP contribution in [0, 0.1) is 0 Å². The first kappa shape index (κ1) is 22.6. The largest absolute Gasteiger partial charge is 1.00 e. The maximum Gasteiger partial charge on any atom is 1.00 e. The van der Waals surface area contributed by atoms with Gasteiger partial charge in [-0.3, -0.25) is 4.55 Å². The van der Waals surface area contributed by atoms with Crippen LogP contribution in [0.15, 0.2) is 47.4 Å². The summed E-state index contributed by atoms with van der Waals surface area (Å²) in [5.74, 6) is -0.369. The minimum Gasteiger partial charge on any atom is -0.870 e. The Morgan fingerprint density at radius 1 is 1.04 bits per heavy atom. The molecule has 5 nitrogen and oxygen atoms in total. The number of rotatable bonds is 8. The van der Waals surface area contributed by atoms with E-state index in [1.165, 1.54) is 18.2 Å². The van der Waals surface area contributed by atoms with Crippen molar-refractivity contribution in [2.45, 2.75) is 43.9 Å². The van der Waals surface area contributed by atoms with Gasteiger partial charge in [-0.25, -0.2) is 0 Å². The van der Waals surface area contributed by atoms with E-state index < -0.39 is 10.1 Å². The molecule has 2 aromatic carbocycles. The van der Waals surface area contributed by atoms with Gasteiger partial charge in [0.1, 0.15) is 16.4 Å². The molecule has 0 aliphatic rings. The molecule has 0 heterocycles. The van der Waals surface area contributed by atoms with Crippen LogP contribution in [0.5, 0.6) is 17.2 Å². The summed E-state index contributed by atoms with van der Waals surface area (Å²) in [5.41, 5.74) is 0.900. The topological polar surface area (TPSA) is 86.7 Å². The number of hydrogen-bond donors (Lipinski definition) is 1. The van der Waals surface area contributed by atoms with E-state index in [4.69, 9.17) is 4.74 Å². The predicted molar refractivity (Wildman–Crippen MR) is 90.1 cm³/mol. The van der Waals surface area contributed by atoms with E-state index in [0.29, 0.717) is 0 Å². The average Bonchev–Trinajstić information content (AvgIpc) is 2.53. The molecule has 0 bridgehead atoms. The first-order valence-corrected chi connectivity index (χ1v) is 9.40. The third-order valence-electron chi connectivity index (χ3n) is 3.67. The van der Waals surface area contributed by atoms with E-state index in [1.807, 2.05) is 0 Å². The van der Waals surface area contributed by atoms with E-state index >= 15 is 0 Å². The van der Waals surface area contributed by atoms with Crippen LogP contribution in [0.25, 0.3) is 0 Å². The minimum absolute atomic E-state index is 0. The molecule has 2 rings (SSSR count). The molecule has 0 radical (unpaired) electrons. The summed E-state index contributed by atoms with van der Waals surface area (Å²) in [6, 6.07) is 10.5. The molecule has 130 valence electrons. The van der Waals surface area contributed by atoms with E-state index in [2.05, 4.69) is 6.92 Å². The van der Waals surface area contributed by atoms with Gasteiger partial charge in [-0.1, -0.05) is 56.2 Å². The smallest absolute Gasteiger partial charge is 0.870 e. The molecule has 0 fully saturated rings. The molecule has 0 aromatic heterocycles. The van der Waals surface area contributed by atoms with Gasteiger partial charge in [0, 0.05) is 0 Å². The Labute approximate surface area is 191 Å². The van der Waals surface area contributed by atoms with Crippen molar-refractivity contribution in [1.82, 2.24) is 0 Å². The Morgan fingerprint density at radius 2 is 1.76 bits per heavy atom. The van der Waals surface area contributed by atoms with Crippen LogP contribution in [0.1, 0.15) is 38.2 Å². The van der Waals surface area contributed by atoms with Crippen molar-refractivity contribution in [1.29, 1.82) is 0 Å². The first-order chi connectivity index (χ1) is 11.4. The van der Waals surface area contributed by atoms with Gasteiger partial charge >= 0.3 is 51.4 Å². The van der Waals surface area contributed by atoms with Gasteiger partial charge in [0.25, 0.3) is 10.1 Å². The van der Waals surface area contributed by atoms with E-state index in [0.717, 1.165) is 37.7 Å². The van der Waals surface area contributed by atoms with E-state index in [9.17, 15) is 18.1 Å². The zero-order valence-electron chi connectivity index (χ0n) is 14.6. The standard InChI is InChI=1S/C18H22O5S.K/c1-2-3-4-5-8-14-11-12-18(24(20,21)22)17(13-14)23-16-10-7-6-9-15(16)19;/h6-7,9-13,19H,2-5,8H2,1H3,(H,20,21,22);/q;+1/p-1. The van der Waals surface area contributed by atoms with Crippen LogP contribution >= 0.6 is 0 Å². The number of hydrogen-bond acceptors (Lipinski definition) is 4. The first-order valence-electron chi connectivity index (χ1n) is 7.96. The van der Waals surface area contributed by atoms with Crippen LogP contribution in [0.4, 0.5) is 0 Å². The van der Waals surface area contributed by atoms with Crippen LogP contribution in [-0.2, 0) is 16.5 Å². The normalized spacial score (nSPS) is 11.0. The monoisotopic (exact) mass is 388 g/mol. The van der Waals surface area contributed by atoms with Gasteiger partial charge in [0.2, 0.25) is 0 Å². The SMILES string of the molecule is CCCCCCc1ccc(S(=O)(=O)O)c(Oc2ccccc2[O-])c1.[K+]. The summed E-state index contributed by atoms with van der Waals surface area (Å²) in [7, 11) is -4.44.